The minimum atomic E-state index is 0.0781. The minimum absolute atomic E-state index is 0.0781. The highest BCUT2D eigenvalue weighted by molar-refractivity contribution is 5.34. The summed E-state index contributed by atoms with van der Waals surface area (Å²) in [4.78, 5) is 0. The second-order valence-electron chi connectivity index (χ2n) is 4.72. The number of nitrogens with zero attached hydrogens (tertiary/aromatic N) is 1. The van der Waals surface area contributed by atoms with Gasteiger partial charge in [-0.15, -0.1) is 0 Å². The quantitative estimate of drug-likeness (QED) is 0.859. The van der Waals surface area contributed by atoms with Crippen LogP contribution in [-0.2, 0) is 6.54 Å². The molecule has 0 aliphatic carbocycles. The monoisotopic (exact) mass is 228 g/mol. The zero-order valence-electron chi connectivity index (χ0n) is 10.8. The van der Waals surface area contributed by atoms with Crippen LogP contribution in [-0.4, -0.2) is 4.57 Å². The van der Waals surface area contributed by atoms with Crippen LogP contribution in [0.1, 0.15) is 35.3 Å². The smallest absolute Gasteiger partial charge is 0.0478 e. The molecule has 0 saturated heterocycles. The van der Waals surface area contributed by atoms with E-state index in [1.54, 1.807) is 0 Å². The van der Waals surface area contributed by atoms with E-state index in [1.807, 2.05) is 6.92 Å². The average Bonchev–Trinajstić information content (AvgIpc) is 2.72. The van der Waals surface area contributed by atoms with Crippen molar-refractivity contribution in [2.24, 2.45) is 5.73 Å². The standard InChI is InChI=1S/C15H20N2/c1-11-6-4-7-12(2)14(11)10-17-9-5-8-15(17)13(3)16/h4-9,13H,10,16H2,1-3H3. The van der Waals surface area contributed by atoms with Gasteiger partial charge in [-0.2, -0.15) is 0 Å². The fourth-order valence-electron chi connectivity index (χ4n) is 2.25. The van der Waals surface area contributed by atoms with Crippen molar-refractivity contribution < 1.29 is 0 Å². The summed E-state index contributed by atoms with van der Waals surface area (Å²) in [5, 5.41) is 0. The van der Waals surface area contributed by atoms with E-state index in [2.05, 4.69) is 54.9 Å². The lowest BCUT2D eigenvalue weighted by molar-refractivity contribution is 0.672. The van der Waals surface area contributed by atoms with Crippen LogP contribution < -0.4 is 5.73 Å². The zero-order chi connectivity index (χ0) is 12.4. The van der Waals surface area contributed by atoms with E-state index in [9.17, 15) is 0 Å². The van der Waals surface area contributed by atoms with E-state index in [1.165, 1.54) is 22.4 Å². The molecule has 0 fully saturated rings. The highest BCUT2D eigenvalue weighted by atomic mass is 15.0. The topological polar surface area (TPSA) is 30.9 Å². The number of hydrogen-bond donors (Lipinski definition) is 1. The van der Waals surface area contributed by atoms with E-state index in [4.69, 9.17) is 5.73 Å². The Morgan fingerprint density at radius 3 is 2.35 bits per heavy atom. The zero-order valence-corrected chi connectivity index (χ0v) is 10.8. The molecule has 2 N–H and O–H groups in total. The van der Waals surface area contributed by atoms with Gasteiger partial charge in [0.25, 0.3) is 0 Å². The highest BCUT2D eigenvalue weighted by Gasteiger charge is 2.08. The molecule has 0 aliphatic rings. The first-order valence-electron chi connectivity index (χ1n) is 6.05. The molecule has 2 rings (SSSR count). The molecule has 17 heavy (non-hydrogen) atoms. The van der Waals surface area contributed by atoms with E-state index in [0.717, 1.165) is 6.54 Å². The first kappa shape index (κ1) is 11.9. The number of hydrogen-bond acceptors (Lipinski definition) is 1. The minimum Gasteiger partial charge on any atom is -0.346 e. The number of aryl methyl sites for hydroxylation is 2. The predicted molar refractivity (Wildman–Crippen MR) is 72.1 cm³/mol. The summed E-state index contributed by atoms with van der Waals surface area (Å²) in [5.74, 6) is 0. The average molecular weight is 228 g/mol. The molecule has 1 aromatic carbocycles. The summed E-state index contributed by atoms with van der Waals surface area (Å²) < 4.78 is 2.24. The Hall–Kier alpha value is -1.54. The summed E-state index contributed by atoms with van der Waals surface area (Å²) in [7, 11) is 0. The van der Waals surface area contributed by atoms with E-state index >= 15 is 0 Å². The number of benzene rings is 1. The molecule has 90 valence electrons. The van der Waals surface area contributed by atoms with Gasteiger partial charge in [0, 0.05) is 24.5 Å². The molecule has 1 atom stereocenters. The normalized spacial score (nSPS) is 12.7. The predicted octanol–water partition coefficient (Wildman–Crippen LogP) is 3.17. The van der Waals surface area contributed by atoms with Crippen LogP contribution >= 0.6 is 0 Å². The van der Waals surface area contributed by atoms with E-state index in [-0.39, 0.29) is 6.04 Å². The summed E-state index contributed by atoms with van der Waals surface area (Å²) in [5.41, 5.74) is 11.2. The maximum atomic E-state index is 5.97. The van der Waals surface area contributed by atoms with Crippen LogP contribution in [0.25, 0.3) is 0 Å². The second-order valence-corrected chi connectivity index (χ2v) is 4.72. The van der Waals surface area contributed by atoms with E-state index in [0.29, 0.717) is 0 Å². The van der Waals surface area contributed by atoms with Crippen molar-refractivity contribution >= 4 is 0 Å². The van der Waals surface area contributed by atoms with Crippen LogP contribution in [0.15, 0.2) is 36.5 Å². The number of aromatic nitrogens is 1. The molecule has 2 aromatic rings. The first-order valence-corrected chi connectivity index (χ1v) is 6.05. The van der Waals surface area contributed by atoms with Crippen molar-refractivity contribution in [2.45, 2.75) is 33.4 Å². The largest absolute Gasteiger partial charge is 0.346 e. The summed E-state index contributed by atoms with van der Waals surface area (Å²) in [6.45, 7) is 7.26. The van der Waals surface area contributed by atoms with Crippen molar-refractivity contribution in [3.05, 3.63) is 58.9 Å². The van der Waals surface area contributed by atoms with Crippen LogP contribution in [0.5, 0.6) is 0 Å². The summed E-state index contributed by atoms with van der Waals surface area (Å²) in [6.07, 6.45) is 2.10. The van der Waals surface area contributed by atoms with Gasteiger partial charge in [-0.25, -0.2) is 0 Å². The Balaban J connectivity index is 2.35. The molecule has 1 unspecified atom stereocenters. The maximum Gasteiger partial charge on any atom is 0.0478 e. The van der Waals surface area contributed by atoms with Crippen molar-refractivity contribution in [1.82, 2.24) is 4.57 Å². The first-order chi connectivity index (χ1) is 8.09. The fourth-order valence-corrected chi connectivity index (χ4v) is 2.25. The molecule has 0 saturated carbocycles. The molecule has 0 spiro atoms. The molecule has 0 amide bonds. The third kappa shape index (κ3) is 2.42. The van der Waals surface area contributed by atoms with Gasteiger partial charge >= 0.3 is 0 Å². The Bertz CT molecular complexity index is 489. The van der Waals surface area contributed by atoms with Gasteiger partial charge in [0.1, 0.15) is 0 Å². The third-order valence-electron chi connectivity index (χ3n) is 3.30. The molecule has 1 aromatic heterocycles. The molecular formula is C15H20N2. The Morgan fingerprint density at radius 1 is 1.12 bits per heavy atom. The Kier molecular flexibility index (Phi) is 3.34. The molecule has 2 heteroatoms. The van der Waals surface area contributed by atoms with Gasteiger partial charge < -0.3 is 10.3 Å². The molecule has 0 aliphatic heterocycles. The van der Waals surface area contributed by atoms with Gasteiger partial charge in [-0.3, -0.25) is 0 Å². The van der Waals surface area contributed by atoms with Gasteiger partial charge in [0.05, 0.1) is 0 Å². The van der Waals surface area contributed by atoms with Gasteiger partial charge in [0.15, 0.2) is 0 Å². The van der Waals surface area contributed by atoms with E-state index < -0.39 is 0 Å². The van der Waals surface area contributed by atoms with Crippen molar-refractivity contribution in [2.75, 3.05) is 0 Å². The number of rotatable bonds is 3. The molecular weight excluding hydrogens is 208 g/mol. The van der Waals surface area contributed by atoms with Crippen LogP contribution in [0, 0.1) is 13.8 Å². The lowest BCUT2D eigenvalue weighted by Crippen LogP contribution is -2.13. The Morgan fingerprint density at radius 2 is 1.76 bits per heavy atom. The lowest BCUT2D eigenvalue weighted by Gasteiger charge is -2.15. The van der Waals surface area contributed by atoms with Crippen LogP contribution in [0.4, 0.5) is 0 Å². The fraction of sp³-hybridized carbons (Fsp3) is 0.333. The Labute approximate surface area is 103 Å². The van der Waals surface area contributed by atoms with Crippen molar-refractivity contribution in [1.29, 1.82) is 0 Å². The van der Waals surface area contributed by atoms with Crippen molar-refractivity contribution in [3.8, 4) is 0 Å². The highest BCUT2D eigenvalue weighted by Crippen LogP contribution is 2.18. The number of nitrogens with two attached hydrogens (primary N) is 1. The van der Waals surface area contributed by atoms with Gasteiger partial charge in [0.2, 0.25) is 0 Å². The van der Waals surface area contributed by atoms with Crippen LogP contribution in [0.3, 0.4) is 0 Å². The maximum absolute atomic E-state index is 5.97. The summed E-state index contributed by atoms with van der Waals surface area (Å²) in [6, 6.07) is 10.7. The summed E-state index contributed by atoms with van der Waals surface area (Å²) >= 11 is 0. The molecule has 0 radical (unpaired) electrons. The molecule has 2 nitrogen and oxygen atoms in total. The second kappa shape index (κ2) is 4.76. The SMILES string of the molecule is Cc1cccc(C)c1Cn1cccc1C(C)N. The van der Waals surface area contributed by atoms with Gasteiger partial charge in [-0.05, 0) is 49.6 Å². The molecule has 1 heterocycles. The van der Waals surface area contributed by atoms with Gasteiger partial charge in [-0.1, -0.05) is 18.2 Å². The van der Waals surface area contributed by atoms with Crippen molar-refractivity contribution in [3.63, 3.8) is 0 Å². The van der Waals surface area contributed by atoms with Crippen LogP contribution in [0.2, 0.25) is 0 Å². The lowest BCUT2D eigenvalue weighted by atomic mass is 10.0. The third-order valence-corrected chi connectivity index (χ3v) is 3.30. The molecule has 0 bridgehead atoms.